The molecule has 0 atom stereocenters. The van der Waals surface area contributed by atoms with Gasteiger partial charge in [-0.25, -0.2) is 0 Å². The summed E-state index contributed by atoms with van der Waals surface area (Å²) < 4.78 is 0. The average Bonchev–Trinajstić information content (AvgIpc) is 2.73. The molecule has 0 aromatic heterocycles. The molecule has 0 spiro atoms. The van der Waals surface area contributed by atoms with E-state index in [1.165, 1.54) is 0 Å². The van der Waals surface area contributed by atoms with Crippen molar-refractivity contribution in [3.05, 3.63) is 0 Å². The van der Waals surface area contributed by atoms with Crippen LogP contribution in [0.5, 0.6) is 0 Å². The third-order valence-electron chi connectivity index (χ3n) is 6.07. The fourth-order valence-corrected chi connectivity index (χ4v) is 3.99. The monoisotopic (exact) mass is 266 g/mol. The van der Waals surface area contributed by atoms with Crippen molar-refractivity contribution >= 4 is 5.91 Å². The molecule has 0 saturated heterocycles. The van der Waals surface area contributed by atoms with Gasteiger partial charge in [-0.05, 0) is 43.4 Å². The first kappa shape index (κ1) is 14.8. The maximum atomic E-state index is 12.8. The highest BCUT2D eigenvalue weighted by Gasteiger charge is 2.68. The number of nitrogens with two attached hydrogens (primary N) is 1. The minimum absolute atomic E-state index is 0.141. The summed E-state index contributed by atoms with van der Waals surface area (Å²) in [6.45, 7) is 11.8. The van der Waals surface area contributed by atoms with E-state index >= 15 is 0 Å². The first-order valence-electron chi connectivity index (χ1n) is 7.79. The van der Waals surface area contributed by atoms with Crippen molar-refractivity contribution in [1.29, 1.82) is 0 Å². The molecule has 2 saturated carbocycles. The summed E-state index contributed by atoms with van der Waals surface area (Å²) in [5.74, 6) is 0.563. The molecule has 3 heteroatoms. The van der Waals surface area contributed by atoms with Crippen molar-refractivity contribution in [3.8, 4) is 0 Å². The van der Waals surface area contributed by atoms with E-state index in [9.17, 15) is 4.79 Å². The lowest BCUT2D eigenvalue weighted by Gasteiger charge is -2.36. The van der Waals surface area contributed by atoms with Crippen molar-refractivity contribution in [2.75, 3.05) is 6.54 Å². The Hall–Kier alpha value is -0.570. The molecule has 0 aromatic carbocycles. The largest absolute Gasteiger partial charge is 0.340 e. The normalized spacial score (nSPS) is 32.9. The minimum atomic E-state index is 0.141. The number of nitrogens with zero attached hydrogens (tertiary/aromatic N) is 1. The quantitative estimate of drug-likeness (QED) is 0.854. The predicted octanol–water partition coefficient (Wildman–Crippen LogP) is 2.79. The number of hydrogen-bond donors (Lipinski definition) is 1. The Morgan fingerprint density at radius 2 is 1.58 bits per heavy atom. The van der Waals surface area contributed by atoms with Crippen molar-refractivity contribution in [1.82, 2.24) is 4.90 Å². The van der Waals surface area contributed by atoms with Crippen LogP contribution in [-0.4, -0.2) is 29.4 Å². The number of carbonyl (C=O) groups is 1. The molecule has 2 rings (SSSR count). The molecule has 1 amide bonds. The van der Waals surface area contributed by atoms with E-state index in [0.717, 1.165) is 32.2 Å². The van der Waals surface area contributed by atoms with Crippen molar-refractivity contribution in [2.24, 2.45) is 22.5 Å². The molecule has 2 fully saturated rings. The van der Waals surface area contributed by atoms with Crippen LogP contribution in [-0.2, 0) is 4.79 Å². The minimum Gasteiger partial charge on any atom is -0.340 e. The van der Waals surface area contributed by atoms with Gasteiger partial charge in [0.15, 0.2) is 0 Å². The highest BCUT2D eigenvalue weighted by molar-refractivity contribution is 5.84. The molecule has 3 nitrogen and oxygen atoms in total. The van der Waals surface area contributed by atoms with Gasteiger partial charge in [-0.15, -0.1) is 0 Å². The molecule has 2 aliphatic carbocycles. The Labute approximate surface area is 117 Å². The predicted molar refractivity (Wildman–Crippen MR) is 78.7 cm³/mol. The summed E-state index contributed by atoms with van der Waals surface area (Å²) in [4.78, 5) is 15.0. The number of hydrogen-bond acceptors (Lipinski definition) is 2. The molecule has 19 heavy (non-hydrogen) atoms. The van der Waals surface area contributed by atoms with Crippen LogP contribution < -0.4 is 5.73 Å². The van der Waals surface area contributed by atoms with Crippen LogP contribution in [0.25, 0.3) is 0 Å². The van der Waals surface area contributed by atoms with Crippen LogP contribution in [0.2, 0.25) is 0 Å². The van der Waals surface area contributed by atoms with Gasteiger partial charge in [0.2, 0.25) is 5.91 Å². The molecule has 0 heterocycles. The molecule has 2 aliphatic rings. The van der Waals surface area contributed by atoms with Crippen LogP contribution in [0.3, 0.4) is 0 Å². The molecule has 110 valence electrons. The third kappa shape index (κ3) is 2.31. The number of rotatable bonds is 3. The Morgan fingerprint density at radius 1 is 1.11 bits per heavy atom. The van der Waals surface area contributed by atoms with Gasteiger partial charge in [0, 0.05) is 24.5 Å². The van der Waals surface area contributed by atoms with E-state index in [0.29, 0.717) is 18.0 Å². The second-order valence-corrected chi connectivity index (χ2v) is 7.57. The molecular weight excluding hydrogens is 236 g/mol. The lowest BCUT2D eigenvalue weighted by Crippen LogP contribution is -2.45. The number of carbonyl (C=O) groups excluding carboxylic acids is 1. The Kier molecular flexibility index (Phi) is 3.72. The third-order valence-corrected chi connectivity index (χ3v) is 6.07. The summed E-state index contributed by atoms with van der Waals surface area (Å²) in [5, 5.41) is 0. The molecule has 2 N–H and O–H groups in total. The van der Waals surface area contributed by atoms with Crippen LogP contribution in [0.1, 0.15) is 60.3 Å². The van der Waals surface area contributed by atoms with Crippen molar-refractivity contribution in [2.45, 2.75) is 72.4 Å². The zero-order valence-electron chi connectivity index (χ0n) is 13.2. The smallest absolute Gasteiger partial charge is 0.227 e. The highest BCUT2D eigenvalue weighted by atomic mass is 16.2. The zero-order valence-corrected chi connectivity index (χ0v) is 13.2. The van der Waals surface area contributed by atoms with Gasteiger partial charge >= 0.3 is 0 Å². The van der Waals surface area contributed by atoms with E-state index in [2.05, 4.69) is 39.5 Å². The summed E-state index contributed by atoms with van der Waals surface area (Å²) in [5.41, 5.74) is 6.25. The highest BCUT2D eigenvalue weighted by Crippen LogP contribution is 2.68. The van der Waals surface area contributed by atoms with E-state index in [1.807, 2.05) is 0 Å². The maximum absolute atomic E-state index is 12.8. The standard InChI is InChI=1S/C16H30N2O/c1-6-18(12-9-7-11(17)8-10-12)14(19)13-15(2,3)16(13,4)5/h11-13H,6-10,17H2,1-5H3. The Morgan fingerprint density at radius 3 is 1.95 bits per heavy atom. The van der Waals surface area contributed by atoms with Gasteiger partial charge in [-0.3, -0.25) is 4.79 Å². The first-order valence-corrected chi connectivity index (χ1v) is 7.79. The molecule has 0 unspecified atom stereocenters. The summed E-state index contributed by atoms with van der Waals surface area (Å²) in [6, 6.07) is 0.767. The van der Waals surface area contributed by atoms with Gasteiger partial charge in [0.05, 0.1) is 0 Å². The van der Waals surface area contributed by atoms with Crippen LogP contribution >= 0.6 is 0 Å². The molecule has 0 aromatic rings. The second kappa shape index (κ2) is 4.76. The first-order chi connectivity index (χ1) is 8.73. The SMILES string of the molecule is CCN(C(=O)C1C(C)(C)C1(C)C)C1CCC(N)CC1. The Bertz CT molecular complexity index is 340. The van der Waals surface area contributed by atoms with E-state index in [1.54, 1.807) is 0 Å². The van der Waals surface area contributed by atoms with Gasteiger partial charge < -0.3 is 10.6 Å². The summed E-state index contributed by atoms with van der Waals surface area (Å²) in [6.07, 6.45) is 4.28. The lowest BCUT2D eigenvalue weighted by molar-refractivity contribution is -0.136. The van der Waals surface area contributed by atoms with Gasteiger partial charge in [-0.1, -0.05) is 27.7 Å². The van der Waals surface area contributed by atoms with Gasteiger partial charge in [0.1, 0.15) is 0 Å². The topological polar surface area (TPSA) is 46.3 Å². The zero-order chi connectivity index (χ0) is 14.4. The molecular formula is C16H30N2O. The van der Waals surface area contributed by atoms with Crippen molar-refractivity contribution in [3.63, 3.8) is 0 Å². The summed E-state index contributed by atoms with van der Waals surface area (Å²) >= 11 is 0. The number of amides is 1. The van der Waals surface area contributed by atoms with Crippen LogP contribution in [0.4, 0.5) is 0 Å². The van der Waals surface area contributed by atoms with Gasteiger partial charge in [0.25, 0.3) is 0 Å². The fraction of sp³-hybridized carbons (Fsp3) is 0.938. The molecule has 0 aliphatic heterocycles. The average molecular weight is 266 g/mol. The van der Waals surface area contributed by atoms with Gasteiger partial charge in [-0.2, -0.15) is 0 Å². The fourth-order valence-electron chi connectivity index (χ4n) is 3.99. The molecule has 0 bridgehead atoms. The van der Waals surface area contributed by atoms with E-state index < -0.39 is 0 Å². The lowest BCUT2D eigenvalue weighted by atomic mass is 9.90. The maximum Gasteiger partial charge on any atom is 0.227 e. The van der Waals surface area contributed by atoms with E-state index in [-0.39, 0.29) is 16.7 Å². The second-order valence-electron chi connectivity index (χ2n) is 7.57. The van der Waals surface area contributed by atoms with E-state index in [4.69, 9.17) is 5.73 Å². The summed E-state index contributed by atoms with van der Waals surface area (Å²) in [7, 11) is 0. The molecule has 0 radical (unpaired) electrons. The van der Waals surface area contributed by atoms with Crippen molar-refractivity contribution < 1.29 is 4.79 Å². The van der Waals surface area contributed by atoms with Crippen LogP contribution in [0, 0.1) is 16.7 Å². The van der Waals surface area contributed by atoms with Crippen LogP contribution in [0.15, 0.2) is 0 Å². The Balaban J connectivity index is 2.05.